The van der Waals surface area contributed by atoms with Gasteiger partial charge in [-0.25, -0.2) is 18.7 Å². The highest BCUT2D eigenvalue weighted by Gasteiger charge is 2.69. The van der Waals surface area contributed by atoms with E-state index < -0.39 is 38.0 Å². The van der Waals surface area contributed by atoms with Gasteiger partial charge in [0.1, 0.15) is 0 Å². The first kappa shape index (κ1) is 54.8. The van der Waals surface area contributed by atoms with Crippen LogP contribution >= 0.6 is 15.6 Å². The summed E-state index contributed by atoms with van der Waals surface area (Å²) in [6.07, 6.45) is 18.8. The maximum absolute atomic E-state index is 13.8. The number of hydrogen-bond acceptors (Lipinski definition) is 12. The lowest BCUT2D eigenvalue weighted by Gasteiger charge is -2.63. The predicted molar refractivity (Wildman–Crippen MR) is 273 cm³/mol. The Bertz CT molecular complexity index is 2460. The normalized spacial score (nSPS) is 42.9. The summed E-state index contributed by atoms with van der Waals surface area (Å²) in [5, 5.41) is 24.7. The van der Waals surface area contributed by atoms with Crippen LogP contribution < -0.4 is 11.3 Å². The quantitative estimate of drug-likeness (QED) is 0.181. The van der Waals surface area contributed by atoms with Crippen LogP contribution in [0.25, 0.3) is 0 Å². The fourth-order valence-corrected chi connectivity index (χ4v) is 20.5. The molecule has 0 aliphatic heterocycles. The fraction of sp³-hybridized carbons (Fsp3) is 0.821. The van der Waals surface area contributed by atoms with E-state index in [1.807, 2.05) is 53.7 Å². The Morgan fingerprint density at radius 1 is 0.528 bits per heavy atom. The highest BCUT2D eigenvalue weighted by Crippen LogP contribution is 2.73. The van der Waals surface area contributed by atoms with Crippen LogP contribution in [-0.4, -0.2) is 54.6 Å². The molecule has 2 heterocycles. The van der Waals surface area contributed by atoms with Crippen LogP contribution in [0, 0.1) is 57.2 Å². The van der Waals surface area contributed by atoms with Gasteiger partial charge in [0.15, 0.2) is 0 Å². The van der Waals surface area contributed by atoms with Crippen molar-refractivity contribution in [2.45, 2.75) is 231 Å². The molecular weight excluding hydrogens is 959 g/mol. The zero-order valence-corrected chi connectivity index (χ0v) is 46.5. The first-order valence-electron chi connectivity index (χ1n) is 27.4. The average molecular weight is 1050 g/mol. The van der Waals surface area contributed by atoms with Gasteiger partial charge in [0.25, 0.3) is 0 Å². The fourth-order valence-electron chi connectivity index (χ4n) is 17.9. The number of hydrogen-bond donors (Lipinski definition) is 4. The maximum atomic E-state index is 13.8. The summed E-state index contributed by atoms with van der Waals surface area (Å²) < 4.78 is 58.8. The summed E-state index contributed by atoms with van der Waals surface area (Å²) >= 11 is 0. The first-order valence-corrected chi connectivity index (χ1v) is 30.4. The molecule has 0 aromatic carbocycles. The van der Waals surface area contributed by atoms with Gasteiger partial charge in [-0.15, -0.1) is 0 Å². The largest absolute Gasteiger partial charge is 0.476 e. The van der Waals surface area contributed by atoms with Gasteiger partial charge in [-0.05, 0) is 239 Å². The van der Waals surface area contributed by atoms with Crippen LogP contribution in [0.2, 0.25) is 0 Å². The highest BCUT2D eigenvalue weighted by atomic mass is 31.2. The lowest BCUT2D eigenvalue weighted by Crippen LogP contribution is -2.62. The average Bonchev–Trinajstić information content (AvgIpc) is 3.71. The van der Waals surface area contributed by atoms with Gasteiger partial charge in [0.05, 0.1) is 47.1 Å². The van der Waals surface area contributed by atoms with Crippen molar-refractivity contribution in [2.75, 3.05) is 0 Å². The van der Waals surface area contributed by atoms with E-state index in [1.54, 1.807) is 12.5 Å². The minimum atomic E-state index is -4.47. The molecule has 2 aromatic heterocycles. The Hall–Kier alpha value is -1.96. The van der Waals surface area contributed by atoms with E-state index in [2.05, 4.69) is 27.7 Å². The van der Waals surface area contributed by atoms with Crippen molar-refractivity contribution >= 4 is 15.6 Å². The van der Waals surface area contributed by atoms with E-state index in [0.717, 1.165) is 114 Å². The summed E-state index contributed by atoms with van der Waals surface area (Å²) in [5.41, 5.74) is -1.74. The summed E-state index contributed by atoms with van der Waals surface area (Å²) in [5.74, 6) is 2.51. The molecule has 8 aliphatic rings. The van der Waals surface area contributed by atoms with Crippen molar-refractivity contribution in [2.24, 2.45) is 57.2 Å². The van der Waals surface area contributed by atoms with Crippen LogP contribution in [0.1, 0.15) is 208 Å². The van der Waals surface area contributed by atoms with Crippen molar-refractivity contribution in [3.63, 3.8) is 0 Å². The molecule has 404 valence electrons. The molecule has 16 atom stereocenters. The van der Waals surface area contributed by atoms with Gasteiger partial charge in [0.2, 0.25) is 0 Å². The molecule has 0 radical (unpaired) electrons. The Balaban J connectivity index is 0.000000182. The topological polar surface area (TPSA) is 212 Å². The summed E-state index contributed by atoms with van der Waals surface area (Å²) in [7, 11) is -8.24. The molecule has 0 unspecified atom stereocenters. The molecule has 14 nitrogen and oxygen atoms in total. The van der Waals surface area contributed by atoms with Crippen molar-refractivity contribution < 1.29 is 56.1 Å². The van der Waals surface area contributed by atoms with Crippen molar-refractivity contribution in [1.29, 1.82) is 0 Å². The van der Waals surface area contributed by atoms with Crippen LogP contribution in [-0.2, 0) is 27.2 Å². The smallest absolute Gasteiger partial charge is 0.431 e. The zero-order chi connectivity index (χ0) is 52.3. The summed E-state index contributed by atoms with van der Waals surface area (Å²) in [6.45, 7) is 20.5. The van der Waals surface area contributed by atoms with Crippen molar-refractivity contribution in [3.05, 3.63) is 68.8 Å². The van der Waals surface area contributed by atoms with Crippen LogP contribution in [0.15, 0.2) is 55.2 Å². The number of phosphoric ester groups is 2. The molecule has 0 amide bonds. The lowest BCUT2D eigenvalue weighted by molar-refractivity contribution is -0.205. The third-order valence-corrected chi connectivity index (χ3v) is 23.9. The van der Waals surface area contributed by atoms with E-state index in [1.165, 1.54) is 12.1 Å². The van der Waals surface area contributed by atoms with Gasteiger partial charge < -0.3 is 28.8 Å². The van der Waals surface area contributed by atoms with E-state index in [0.29, 0.717) is 36.5 Å². The van der Waals surface area contributed by atoms with Crippen molar-refractivity contribution in [1.82, 2.24) is 0 Å². The van der Waals surface area contributed by atoms with Gasteiger partial charge in [-0.3, -0.25) is 18.1 Å². The van der Waals surface area contributed by atoms with Gasteiger partial charge >= 0.3 is 26.9 Å². The molecule has 2 aromatic rings. The molecule has 16 heteroatoms. The SMILES string of the molecule is CC(C)(C)OP(=O)(O[C@H]1CC[C@@]2(C)[C@H](CC[C@@H]3[C@@H]2CC[C@]2(C)[C@@H](c4ccc(=O)oc4)CC[C@]32O)C1)OC(C)(C)C.C[C@]12CC[C@H](OP(=O)(O)O)C[C@H]1CC[C@@H]1[C@@H]2CC[C@]2(C)[C@@H](c3ccc(=O)oc3)CC[C@]12O. The number of fused-ring (bicyclic) bond motifs is 10. The zero-order valence-electron chi connectivity index (χ0n) is 44.7. The van der Waals surface area contributed by atoms with E-state index in [-0.39, 0.29) is 68.8 Å². The molecule has 8 aliphatic carbocycles. The van der Waals surface area contributed by atoms with E-state index in [4.69, 9.17) is 26.9 Å². The number of rotatable bonds is 8. The Labute approximate surface area is 427 Å². The second-order valence-electron chi connectivity index (χ2n) is 27.1. The molecule has 0 spiro atoms. The van der Waals surface area contributed by atoms with Crippen LogP contribution in [0.5, 0.6) is 0 Å². The molecular formula is C56H86O14P2. The van der Waals surface area contributed by atoms with Gasteiger partial charge in [-0.2, -0.15) is 0 Å². The highest BCUT2D eigenvalue weighted by molar-refractivity contribution is 7.48. The Morgan fingerprint density at radius 2 is 0.931 bits per heavy atom. The van der Waals surface area contributed by atoms with E-state index in [9.17, 15) is 38.7 Å². The molecule has 72 heavy (non-hydrogen) atoms. The second-order valence-corrected chi connectivity index (χ2v) is 29.7. The second kappa shape index (κ2) is 18.9. The molecule has 8 saturated carbocycles. The minimum absolute atomic E-state index is 0.0619. The van der Waals surface area contributed by atoms with Crippen LogP contribution in [0.3, 0.4) is 0 Å². The predicted octanol–water partition coefficient (Wildman–Crippen LogP) is 12.4. The maximum Gasteiger partial charge on any atom is 0.476 e. The molecule has 0 bridgehead atoms. The number of phosphoric acid groups is 2. The van der Waals surface area contributed by atoms with Crippen molar-refractivity contribution in [3.8, 4) is 0 Å². The molecule has 8 fully saturated rings. The number of aliphatic hydroxyl groups is 2. The van der Waals surface area contributed by atoms with Crippen LogP contribution in [0.4, 0.5) is 0 Å². The van der Waals surface area contributed by atoms with Gasteiger partial charge in [0, 0.05) is 23.0 Å². The standard InChI is InChI=1S/C32H51O7P.C24H35O7P/c1-28(2,3)38-40(35,39-29(4,5)6)37-23-13-16-30(7)22(19-23)10-11-26-25(30)14-17-31(8)24(15-18-32(26,31)34)21-9-12-27(33)36-20-21;1-22-10-7-17(31-32(27,28)29)13-16(22)4-5-20-19(22)8-11-23(2)18(9-12-24(20,23)26)15-3-6-21(25)30-14-15/h9,12,20,22-26,34H,10-11,13-19H2,1-8H3;3,6,14,16-20,26H,4-5,7-13H2,1-2H3,(H2,27,28,29)/t22-,23+,24-,25+,26-,30+,31-,32+;16-,17+,18-,19+,20-,22+,23-,24+/m11/s1. The third kappa shape index (κ3) is 9.87. The summed E-state index contributed by atoms with van der Waals surface area (Å²) in [4.78, 5) is 41.5. The monoisotopic (exact) mass is 1040 g/mol. The lowest BCUT2D eigenvalue weighted by atomic mass is 9.43. The Kier molecular flexibility index (Phi) is 14.4. The summed E-state index contributed by atoms with van der Waals surface area (Å²) in [6, 6.07) is 6.74. The molecule has 10 rings (SSSR count). The molecule has 4 N–H and O–H groups in total. The Morgan fingerprint density at radius 3 is 1.29 bits per heavy atom. The van der Waals surface area contributed by atoms with E-state index >= 15 is 0 Å². The molecule has 0 saturated heterocycles. The first-order chi connectivity index (χ1) is 33.3. The third-order valence-electron chi connectivity index (χ3n) is 21.2. The van der Waals surface area contributed by atoms with Gasteiger partial charge in [-0.1, -0.05) is 27.7 Å². The minimum Gasteiger partial charge on any atom is -0.431 e.